The van der Waals surface area contributed by atoms with Crippen LogP contribution in [-0.2, 0) is 27.3 Å². The maximum Gasteiger partial charge on any atom is 0.267 e. The van der Waals surface area contributed by atoms with Crippen molar-refractivity contribution in [3.63, 3.8) is 0 Å². The maximum absolute atomic E-state index is 13.2. The van der Waals surface area contributed by atoms with Gasteiger partial charge in [0.05, 0.1) is 4.90 Å². The van der Waals surface area contributed by atoms with Gasteiger partial charge in [-0.15, -0.1) is 0 Å². The van der Waals surface area contributed by atoms with Crippen LogP contribution in [0, 0.1) is 12.8 Å². The predicted molar refractivity (Wildman–Crippen MR) is 117 cm³/mol. The minimum atomic E-state index is -3.56. The van der Waals surface area contributed by atoms with E-state index >= 15 is 0 Å². The van der Waals surface area contributed by atoms with Crippen molar-refractivity contribution in [3.8, 4) is 0 Å². The van der Waals surface area contributed by atoms with Crippen LogP contribution in [0.5, 0.6) is 0 Å². The highest BCUT2D eigenvalue weighted by Gasteiger charge is 2.38. The van der Waals surface area contributed by atoms with E-state index in [1.54, 1.807) is 18.3 Å². The Balaban J connectivity index is 1.81. The van der Waals surface area contributed by atoms with Gasteiger partial charge < -0.3 is 4.43 Å². The molecule has 4 nitrogen and oxygen atoms in total. The molecular formula is C22H33NO3SSi. The van der Waals surface area contributed by atoms with Gasteiger partial charge >= 0.3 is 0 Å². The van der Waals surface area contributed by atoms with E-state index in [1.165, 1.54) is 3.97 Å². The Morgan fingerprint density at radius 2 is 1.79 bits per heavy atom. The van der Waals surface area contributed by atoms with Crippen molar-refractivity contribution >= 4 is 18.3 Å². The molecule has 0 radical (unpaired) electrons. The quantitative estimate of drug-likeness (QED) is 0.629. The van der Waals surface area contributed by atoms with E-state index in [1.807, 2.05) is 25.1 Å². The molecule has 1 aromatic heterocycles. The van der Waals surface area contributed by atoms with Crippen LogP contribution in [0.25, 0.3) is 0 Å². The Labute approximate surface area is 171 Å². The average Bonchev–Trinajstić information content (AvgIpc) is 3.03. The fraction of sp³-hybridized carbons (Fsp3) is 0.545. The Hall–Kier alpha value is -1.37. The summed E-state index contributed by atoms with van der Waals surface area (Å²) in [5, 5.41) is 0.182. The molecule has 1 aromatic carbocycles. The zero-order valence-corrected chi connectivity index (χ0v) is 19.8. The van der Waals surface area contributed by atoms with Crippen molar-refractivity contribution in [2.75, 3.05) is 6.61 Å². The van der Waals surface area contributed by atoms with Gasteiger partial charge in [0.25, 0.3) is 10.0 Å². The lowest BCUT2D eigenvalue weighted by Gasteiger charge is -2.38. The molecule has 3 rings (SSSR count). The second-order valence-corrected chi connectivity index (χ2v) is 16.2. The fourth-order valence-corrected chi connectivity index (χ4v) is 5.90. The smallest absolute Gasteiger partial charge is 0.267 e. The molecule has 0 saturated heterocycles. The third-order valence-corrected chi connectivity index (χ3v) is 12.6. The second kappa shape index (κ2) is 7.47. The Kier molecular flexibility index (Phi) is 5.69. The molecule has 0 saturated carbocycles. The first kappa shape index (κ1) is 21.3. The molecule has 6 heteroatoms. The molecule has 1 aliphatic rings. The van der Waals surface area contributed by atoms with Gasteiger partial charge in [-0.3, -0.25) is 0 Å². The molecule has 1 aliphatic carbocycles. The van der Waals surface area contributed by atoms with Crippen molar-refractivity contribution in [3.05, 3.63) is 53.3 Å². The zero-order chi connectivity index (χ0) is 20.7. The van der Waals surface area contributed by atoms with Gasteiger partial charge in [0.2, 0.25) is 0 Å². The summed E-state index contributed by atoms with van der Waals surface area (Å²) < 4.78 is 34.3. The molecule has 0 aliphatic heterocycles. The largest absolute Gasteiger partial charge is 0.417 e. The van der Waals surface area contributed by atoms with E-state index in [-0.39, 0.29) is 5.04 Å². The van der Waals surface area contributed by atoms with Crippen LogP contribution >= 0.6 is 0 Å². The summed E-state index contributed by atoms with van der Waals surface area (Å²) in [6, 6.07) is 9.04. The van der Waals surface area contributed by atoms with E-state index in [2.05, 4.69) is 33.9 Å². The number of aryl methyl sites for hydroxylation is 2. The fourth-order valence-electron chi connectivity index (χ4n) is 3.40. The number of hydrogen-bond donors (Lipinski definition) is 0. The van der Waals surface area contributed by atoms with Gasteiger partial charge in [0.1, 0.15) is 0 Å². The Morgan fingerprint density at radius 3 is 2.39 bits per heavy atom. The highest BCUT2D eigenvalue weighted by atomic mass is 32.2. The molecule has 1 heterocycles. The number of hydrogen-bond acceptors (Lipinski definition) is 3. The van der Waals surface area contributed by atoms with Gasteiger partial charge in [-0.2, -0.15) is 0 Å². The van der Waals surface area contributed by atoms with Crippen molar-refractivity contribution in [2.24, 2.45) is 5.92 Å². The number of rotatable bonds is 5. The summed E-state index contributed by atoms with van der Waals surface area (Å²) in [4.78, 5) is 0.344. The molecular weight excluding hydrogens is 386 g/mol. The first-order valence-corrected chi connectivity index (χ1v) is 14.4. The lowest BCUT2D eigenvalue weighted by atomic mass is 9.89. The lowest BCUT2D eigenvalue weighted by Crippen LogP contribution is -2.42. The van der Waals surface area contributed by atoms with E-state index in [9.17, 15) is 8.42 Å². The summed E-state index contributed by atoms with van der Waals surface area (Å²) >= 11 is 0. The molecule has 0 N–H and O–H groups in total. The monoisotopic (exact) mass is 419 g/mol. The van der Waals surface area contributed by atoms with E-state index in [0.29, 0.717) is 17.4 Å². The van der Waals surface area contributed by atoms with Crippen molar-refractivity contribution < 1.29 is 12.8 Å². The summed E-state index contributed by atoms with van der Waals surface area (Å²) in [5.74, 6) is 0.364. The van der Waals surface area contributed by atoms with Crippen molar-refractivity contribution in [2.45, 2.75) is 70.0 Å². The van der Waals surface area contributed by atoms with Crippen LogP contribution in [0.4, 0.5) is 0 Å². The van der Waals surface area contributed by atoms with Crippen LogP contribution in [0.1, 0.15) is 44.0 Å². The summed E-state index contributed by atoms with van der Waals surface area (Å²) in [6.07, 6.45) is 4.44. The van der Waals surface area contributed by atoms with Crippen molar-refractivity contribution in [1.82, 2.24) is 3.97 Å². The van der Waals surface area contributed by atoms with E-state index in [0.717, 1.165) is 36.1 Å². The Morgan fingerprint density at radius 1 is 1.14 bits per heavy atom. The molecule has 0 spiro atoms. The first-order chi connectivity index (χ1) is 12.9. The van der Waals surface area contributed by atoms with Crippen LogP contribution in [0.15, 0.2) is 41.4 Å². The van der Waals surface area contributed by atoms with Crippen LogP contribution < -0.4 is 0 Å². The predicted octanol–water partition coefficient (Wildman–Crippen LogP) is 5.16. The SMILES string of the molecule is Cc1ccc(S(=O)(=O)n2ccc3c2CC(CO[Si](C)(C)C(C)(C)C)CC3)cc1. The third-order valence-electron chi connectivity index (χ3n) is 6.42. The summed E-state index contributed by atoms with van der Waals surface area (Å²) in [5.41, 5.74) is 3.13. The standard InChI is InChI=1S/C22H33NO3SSi/c1-17-7-11-20(12-8-17)27(24,25)23-14-13-19-10-9-18(15-21(19)23)16-26-28(5,6)22(2,3)4/h7-8,11-14,18H,9-10,15-16H2,1-6H3. The second-order valence-electron chi connectivity index (χ2n) is 9.58. The molecule has 1 unspecified atom stereocenters. The van der Waals surface area contributed by atoms with E-state index < -0.39 is 18.3 Å². The molecule has 0 amide bonds. The number of nitrogens with zero attached hydrogens (tertiary/aromatic N) is 1. The maximum atomic E-state index is 13.2. The normalized spacial score (nSPS) is 18.1. The van der Waals surface area contributed by atoms with Gasteiger partial charge in [-0.1, -0.05) is 38.5 Å². The van der Waals surface area contributed by atoms with Gasteiger partial charge in [-0.05, 0) is 74.0 Å². The summed E-state index contributed by atoms with van der Waals surface area (Å²) in [7, 11) is -5.36. The van der Waals surface area contributed by atoms with Gasteiger partial charge in [0, 0.05) is 18.5 Å². The van der Waals surface area contributed by atoms with Gasteiger partial charge in [0.15, 0.2) is 8.32 Å². The average molecular weight is 420 g/mol. The van der Waals surface area contributed by atoms with Crippen LogP contribution in [0.3, 0.4) is 0 Å². The molecule has 1 atom stereocenters. The zero-order valence-electron chi connectivity index (χ0n) is 18.0. The van der Waals surface area contributed by atoms with Crippen LogP contribution in [-0.4, -0.2) is 27.3 Å². The molecule has 0 fully saturated rings. The number of fused-ring (bicyclic) bond motifs is 1. The third kappa shape index (κ3) is 4.14. The molecule has 154 valence electrons. The molecule has 2 aromatic rings. The number of aromatic nitrogens is 1. The first-order valence-electron chi connectivity index (χ1n) is 10.1. The molecule has 28 heavy (non-hydrogen) atoms. The van der Waals surface area contributed by atoms with Gasteiger partial charge in [-0.25, -0.2) is 12.4 Å². The lowest BCUT2D eigenvalue weighted by molar-refractivity contribution is 0.214. The highest BCUT2D eigenvalue weighted by molar-refractivity contribution is 7.90. The Bertz CT molecular complexity index is 937. The minimum absolute atomic E-state index is 0.182. The summed E-state index contributed by atoms with van der Waals surface area (Å²) in [6.45, 7) is 14.0. The minimum Gasteiger partial charge on any atom is -0.417 e. The van der Waals surface area contributed by atoms with Crippen molar-refractivity contribution in [1.29, 1.82) is 0 Å². The highest BCUT2D eigenvalue weighted by Crippen LogP contribution is 2.38. The van der Waals surface area contributed by atoms with Crippen LogP contribution in [0.2, 0.25) is 18.1 Å². The van der Waals surface area contributed by atoms with E-state index in [4.69, 9.17) is 4.43 Å². The number of benzene rings is 1. The molecule has 0 bridgehead atoms. The topological polar surface area (TPSA) is 48.3 Å².